The van der Waals surface area contributed by atoms with Crippen molar-refractivity contribution in [1.29, 1.82) is 0 Å². The molecule has 20 heavy (non-hydrogen) atoms. The average Bonchev–Trinajstić information content (AvgIpc) is 2.43. The lowest BCUT2D eigenvalue weighted by molar-refractivity contribution is -0.115. The van der Waals surface area contributed by atoms with E-state index in [4.69, 9.17) is 17.3 Å². The van der Waals surface area contributed by atoms with Gasteiger partial charge in [-0.3, -0.25) is 9.78 Å². The first-order valence-corrected chi connectivity index (χ1v) is 7.24. The van der Waals surface area contributed by atoms with Gasteiger partial charge in [0.1, 0.15) is 0 Å². The van der Waals surface area contributed by atoms with Gasteiger partial charge in [-0.05, 0) is 37.3 Å². The Bertz CT molecular complexity index is 607. The van der Waals surface area contributed by atoms with Crippen molar-refractivity contribution in [3.63, 3.8) is 0 Å². The Balaban J connectivity index is 2.01. The molecule has 104 valence electrons. The molecular weight excluding hydrogens is 294 g/mol. The molecule has 2 aromatic rings. The minimum absolute atomic E-state index is 0.110. The number of hydrogen-bond acceptors (Lipinski definition) is 4. The van der Waals surface area contributed by atoms with E-state index in [2.05, 4.69) is 10.3 Å². The summed E-state index contributed by atoms with van der Waals surface area (Å²) < 4.78 is 0. The van der Waals surface area contributed by atoms with Crippen LogP contribution in [0.4, 0.5) is 11.4 Å². The summed E-state index contributed by atoms with van der Waals surface area (Å²) in [5.74, 6) is -0.110. The summed E-state index contributed by atoms with van der Waals surface area (Å²) in [5, 5.41) is 3.10. The molecule has 0 aliphatic heterocycles. The molecule has 0 aliphatic rings. The van der Waals surface area contributed by atoms with Crippen molar-refractivity contribution in [2.45, 2.75) is 17.1 Å². The summed E-state index contributed by atoms with van der Waals surface area (Å²) in [5.41, 5.74) is 6.83. The van der Waals surface area contributed by atoms with Crippen LogP contribution >= 0.6 is 23.4 Å². The zero-order valence-corrected chi connectivity index (χ0v) is 12.4. The predicted octanol–water partition coefficient (Wildman–Crippen LogP) is 3.44. The topological polar surface area (TPSA) is 68.0 Å². The highest BCUT2D eigenvalue weighted by Gasteiger charge is 2.15. The molecule has 4 nitrogen and oxygen atoms in total. The minimum Gasteiger partial charge on any atom is -0.397 e. The largest absolute Gasteiger partial charge is 0.397 e. The fraction of sp³-hybridized carbons (Fsp3) is 0.143. The molecule has 0 aliphatic carbocycles. The Morgan fingerprint density at radius 2 is 2.05 bits per heavy atom. The Morgan fingerprint density at radius 3 is 2.70 bits per heavy atom. The quantitative estimate of drug-likeness (QED) is 0.670. The Hall–Kier alpha value is -1.72. The van der Waals surface area contributed by atoms with E-state index in [1.807, 2.05) is 19.1 Å². The van der Waals surface area contributed by atoms with Crippen LogP contribution < -0.4 is 11.1 Å². The molecule has 0 spiro atoms. The van der Waals surface area contributed by atoms with Crippen molar-refractivity contribution in [3.8, 4) is 0 Å². The summed E-state index contributed by atoms with van der Waals surface area (Å²) in [7, 11) is 0. The number of pyridine rings is 1. The predicted molar refractivity (Wildman–Crippen MR) is 84.1 cm³/mol. The number of halogens is 1. The number of rotatable bonds is 4. The number of hydrogen-bond donors (Lipinski definition) is 2. The van der Waals surface area contributed by atoms with Crippen molar-refractivity contribution >= 4 is 40.6 Å². The maximum atomic E-state index is 12.1. The standard InChI is InChI=1S/C14H14ClN3OS/c1-9(20-11-4-6-17-7-5-11)14(19)18-13-3-2-10(15)8-12(13)16/h2-9H,16H2,1H3,(H,18,19). The molecule has 1 aromatic heterocycles. The molecule has 1 heterocycles. The van der Waals surface area contributed by atoms with Gasteiger partial charge in [0, 0.05) is 22.3 Å². The van der Waals surface area contributed by atoms with E-state index in [-0.39, 0.29) is 11.2 Å². The zero-order chi connectivity index (χ0) is 14.5. The molecule has 0 saturated carbocycles. The van der Waals surface area contributed by atoms with Gasteiger partial charge in [-0.25, -0.2) is 0 Å². The number of nitrogens with zero attached hydrogens (tertiary/aromatic N) is 1. The van der Waals surface area contributed by atoms with Gasteiger partial charge in [-0.1, -0.05) is 11.6 Å². The number of carbonyl (C=O) groups excluding carboxylic acids is 1. The average molecular weight is 308 g/mol. The number of nitrogens with two attached hydrogens (primary N) is 1. The lowest BCUT2D eigenvalue weighted by Gasteiger charge is -2.13. The van der Waals surface area contributed by atoms with Crippen LogP contribution in [0.15, 0.2) is 47.6 Å². The Morgan fingerprint density at radius 1 is 1.35 bits per heavy atom. The van der Waals surface area contributed by atoms with Crippen LogP contribution in [-0.4, -0.2) is 16.1 Å². The van der Waals surface area contributed by atoms with Gasteiger partial charge in [0.05, 0.1) is 16.6 Å². The molecule has 0 bridgehead atoms. The first-order valence-electron chi connectivity index (χ1n) is 5.99. The van der Waals surface area contributed by atoms with Gasteiger partial charge < -0.3 is 11.1 Å². The molecular formula is C14H14ClN3OS. The summed E-state index contributed by atoms with van der Waals surface area (Å²) in [6.07, 6.45) is 3.40. The van der Waals surface area contributed by atoms with Gasteiger partial charge in [-0.15, -0.1) is 11.8 Å². The van der Waals surface area contributed by atoms with Gasteiger partial charge in [0.15, 0.2) is 0 Å². The Labute approximate surface area is 126 Å². The molecule has 0 radical (unpaired) electrons. The van der Waals surface area contributed by atoms with Gasteiger partial charge in [0.25, 0.3) is 0 Å². The first-order chi connectivity index (χ1) is 9.56. The van der Waals surface area contributed by atoms with E-state index in [0.29, 0.717) is 16.4 Å². The van der Waals surface area contributed by atoms with Crippen molar-refractivity contribution in [2.24, 2.45) is 0 Å². The maximum Gasteiger partial charge on any atom is 0.237 e. The maximum absolute atomic E-state index is 12.1. The second-order valence-electron chi connectivity index (χ2n) is 4.16. The SMILES string of the molecule is CC(Sc1ccncc1)C(=O)Nc1ccc(Cl)cc1N. The van der Waals surface area contributed by atoms with Crippen molar-refractivity contribution < 1.29 is 4.79 Å². The van der Waals surface area contributed by atoms with E-state index in [0.717, 1.165) is 4.90 Å². The molecule has 3 N–H and O–H groups in total. The van der Waals surface area contributed by atoms with Gasteiger partial charge >= 0.3 is 0 Å². The van der Waals surface area contributed by atoms with Crippen LogP contribution in [0.1, 0.15) is 6.92 Å². The van der Waals surface area contributed by atoms with Crippen molar-refractivity contribution in [3.05, 3.63) is 47.7 Å². The lowest BCUT2D eigenvalue weighted by Crippen LogP contribution is -2.22. The first kappa shape index (κ1) is 14.7. The third-order valence-corrected chi connectivity index (χ3v) is 3.95. The number of anilines is 2. The summed E-state index contributed by atoms with van der Waals surface area (Å²) in [6.45, 7) is 1.84. The number of aromatic nitrogens is 1. The third-order valence-electron chi connectivity index (χ3n) is 2.60. The van der Waals surface area contributed by atoms with Crippen LogP contribution in [0.2, 0.25) is 5.02 Å². The molecule has 0 saturated heterocycles. The number of benzene rings is 1. The van der Waals surface area contributed by atoms with Crippen LogP contribution in [0, 0.1) is 0 Å². The second kappa shape index (κ2) is 6.63. The lowest BCUT2D eigenvalue weighted by atomic mass is 10.2. The molecule has 6 heteroatoms. The molecule has 2 rings (SSSR count). The highest BCUT2D eigenvalue weighted by Crippen LogP contribution is 2.26. The number of carbonyl (C=O) groups is 1. The van der Waals surface area contributed by atoms with Crippen LogP contribution in [0.25, 0.3) is 0 Å². The third kappa shape index (κ3) is 3.88. The van der Waals surface area contributed by atoms with Gasteiger partial charge in [0.2, 0.25) is 5.91 Å². The molecule has 1 amide bonds. The number of nitrogen functional groups attached to an aromatic ring is 1. The van der Waals surface area contributed by atoms with Crippen molar-refractivity contribution in [2.75, 3.05) is 11.1 Å². The van der Waals surface area contributed by atoms with E-state index < -0.39 is 0 Å². The Kier molecular flexibility index (Phi) is 4.87. The van der Waals surface area contributed by atoms with Crippen LogP contribution in [-0.2, 0) is 4.79 Å². The highest BCUT2D eigenvalue weighted by atomic mass is 35.5. The number of amides is 1. The van der Waals surface area contributed by atoms with E-state index >= 15 is 0 Å². The molecule has 1 aromatic carbocycles. The highest BCUT2D eigenvalue weighted by molar-refractivity contribution is 8.00. The summed E-state index contributed by atoms with van der Waals surface area (Å²) >= 11 is 7.28. The van der Waals surface area contributed by atoms with E-state index in [1.54, 1.807) is 30.6 Å². The zero-order valence-electron chi connectivity index (χ0n) is 10.8. The van der Waals surface area contributed by atoms with Crippen LogP contribution in [0.3, 0.4) is 0 Å². The van der Waals surface area contributed by atoms with E-state index in [1.165, 1.54) is 11.8 Å². The minimum atomic E-state index is -0.243. The fourth-order valence-electron chi connectivity index (χ4n) is 1.56. The summed E-state index contributed by atoms with van der Waals surface area (Å²) in [4.78, 5) is 17.1. The fourth-order valence-corrected chi connectivity index (χ4v) is 2.59. The number of thioether (sulfide) groups is 1. The van der Waals surface area contributed by atoms with Crippen LogP contribution in [0.5, 0.6) is 0 Å². The summed E-state index contributed by atoms with van der Waals surface area (Å²) in [6, 6.07) is 8.72. The van der Waals surface area contributed by atoms with Gasteiger partial charge in [-0.2, -0.15) is 0 Å². The monoisotopic (exact) mass is 307 g/mol. The molecule has 1 unspecified atom stereocenters. The second-order valence-corrected chi connectivity index (χ2v) is 6.01. The van der Waals surface area contributed by atoms with Crippen molar-refractivity contribution in [1.82, 2.24) is 4.98 Å². The molecule has 0 fully saturated rings. The van der Waals surface area contributed by atoms with E-state index in [9.17, 15) is 4.79 Å². The molecule has 1 atom stereocenters. The normalized spacial score (nSPS) is 11.9. The smallest absolute Gasteiger partial charge is 0.237 e. The number of nitrogens with one attached hydrogen (secondary N) is 1.